The van der Waals surface area contributed by atoms with Crippen LogP contribution in [-0.4, -0.2) is 15.3 Å². The fraction of sp³-hybridized carbons (Fsp3) is 0.600. The predicted molar refractivity (Wildman–Crippen MR) is 55.0 cm³/mol. The summed E-state index contributed by atoms with van der Waals surface area (Å²) in [7, 11) is 0. The van der Waals surface area contributed by atoms with Crippen LogP contribution in [0.4, 0.5) is 0 Å². The minimum absolute atomic E-state index is 0.174. The van der Waals surface area contributed by atoms with Gasteiger partial charge in [-0.1, -0.05) is 13.3 Å². The molecule has 0 aliphatic heterocycles. The third-order valence-electron chi connectivity index (χ3n) is 1.84. The third kappa shape index (κ3) is 3.73. The number of aromatic nitrogens is 2. The molecule has 0 aromatic carbocycles. The summed E-state index contributed by atoms with van der Waals surface area (Å²) in [5.74, 6) is 0.846. The number of halogens is 1. The molecule has 1 aromatic heterocycles. The van der Waals surface area contributed by atoms with Crippen molar-refractivity contribution in [3.63, 3.8) is 0 Å². The SMILES string of the molecule is CCCC(Cl)Cc1ncc(C)cn1. The van der Waals surface area contributed by atoms with E-state index in [2.05, 4.69) is 16.9 Å². The molecule has 1 rings (SSSR count). The van der Waals surface area contributed by atoms with Crippen molar-refractivity contribution in [2.24, 2.45) is 0 Å². The van der Waals surface area contributed by atoms with E-state index < -0.39 is 0 Å². The number of alkyl halides is 1. The molecule has 13 heavy (non-hydrogen) atoms. The van der Waals surface area contributed by atoms with Crippen LogP contribution in [0.3, 0.4) is 0 Å². The Morgan fingerprint density at radius 3 is 2.54 bits per heavy atom. The molecule has 72 valence electrons. The van der Waals surface area contributed by atoms with E-state index in [1.165, 1.54) is 0 Å². The van der Waals surface area contributed by atoms with Crippen molar-refractivity contribution in [2.75, 3.05) is 0 Å². The number of rotatable bonds is 4. The quantitative estimate of drug-likeness (QED) is 0.696. The first-order chi connectivity index (χ1) is 6.22. The number of aryl methyl sites for hydroxylation is 1. The normalized spacial score (nSPS) is 12.8. The van der Waals surface area contributed by atoms with E-state index in [9.17, 15) is 0 Å². The zero-order valence-corrected chi connectivity index (χ0v) is 8.88. The molecule has 1 aromatic rings. The minimum atomic E-state index is 0.174. The lowest BCUT2D eigenvalue weighted by Gasteiger charge is -2.05. The highest BCUT2D eigenvalue weighted by molar-refractivity contribution is 6.20. The summed E-state index contributed by atoms with van der Waals surface area (Å²) in [5, 5.41) is 0.174. The Morgan fingerprint density at radius 2 is 2.00 bits per heavy atom. The van der Waals surface area contributed by atoms with Gasteiger partial charge in [-0.3, -0.25) is 0 Å². The maximum absolute atomic E-state index is 6.08. The van der Waals surface area contributed by atoms with Gasteiger partial charge >= 0.3 is 0 Å². The maximum Gasteiger partial charge on any atom is 0.129 e. The Hall–Kier alpha value is -0.630. The van der Waals surface area contributed by atoms with Gasteiger partial charge in [0, 0.05) is 24.2 Å². The molecular weight excluding hydrogens is 184 g/mol. The van der Waals surface area contributed by atoms with Gasteiger partial charge in [-0.15, -0.1) is 11.6 Å². The van der Waals surface area contributed by atoms with Crippen molar-refractivity contribution >= 4 is 11.6 Å². The third-order valence-corrected chi connectivity index (χ3v) is 2.21. The van der Waals surface area contributed by atoms with E-state index in [0.29, 0.717) is 0 Å². The first-order valence-electron chi connectivity index (χ1n) is 4.64. The van der Waals surface area contributed by atoms with Gasteiger partial charge in [0.05, 0.1) is 0 Å². The van der Waals surface area contributed by atoms with Crippen molar-refractivity contribution in [2.45, 2.75) is 38.5 Å². The fourth-order valence-electron chi connectivity index (χ4n) is 1.14. The molecule has 0 amide bonds. The van der Waals surface area contributed by atoms with Gasteiger partial charge in [-0.25, -0.2) is 9.97 Å². The van der Waals surface area contributed by atoms with E-state index >= 15 is 0 Å². The van der Waals surface area contributed by atoms with Crippen LogP contribution in [0.1, 0.15) is 31.2 Å². The van der Waals surface area contributed by atoms with Crippen LogP contribution < -0.4 is 0 Å². The molecule has 1 unspecified atom stereocenters. The zero-order valence-electron chi connectivity index (χ0n) is 8.13. The standard InChI is InChI=1S/C10H15ClN2/c1-3-4-9(11)5-10-12-6-8(2)7-13-10/h6-7,9H,3-5H2,1-2H3. The smallest absolute Gasteiger partial charge is 0.129 e. The average Bonchev–Trinajstić information content (AvgIpc) is 2.09. The summed E-state index contributed by atoms with van der Waals surface area (Å²) >= 11 is 6.08. The van der Waals surface area contributed by atoms with Crippen LogP contribution >= 0.6 is 11.6 Å². The number of hydrogen-bond acceptors (Lipinski definition) is 2. The molecule has 0 radical (unpaired) electrons. The lowest BCUT2D eigenvalue weighted by molar-refractivity contribution is 0.701. The van der Waals surface area contributed by atoms with Gasteiger partial charge in [0.1, 0.15) is 5.82 Å². The van der Waals surface area contributed by atoms with Crippen LogP contribution in [0.15, 0.2) is 12.4 Å². The largest absolute Gasteiger partial charge is 0.241 e. The van der Waals surface area contributed by atoms with Crippen molar-refractivity contribution in [1.29, 1.82) is 0 Å². The second-order valence-corrected chi connectivity index (χ2v) is 3.88. The first-order valence-corrected chi connectivity index (χ1v) is 5.07. The van der Waals surface area contributed by atoms with E-state index in [-0.39, 0.29) is 5.38 Å². The van der Waals surface area contributed by atoms with Crippen molar-refractivity contribution in [3.05, 3.63) is 23.8 Å². The second-order valence-electron chi connectivity index (χ2n) is 3.27. The summed E-state index contributed by atoms with van der Waals surface area (Å²) in [5.41, 5.74) is 1.09. The number of nitrogens with zero attached hydrogens (tertiary/aromatic N) is 2. The second kappa shape index (κ2) is 5.18. The maximum atomic E-state index is 6.08. The number of hydrogen-bond donors (Lipinski definition) is 0. The molecule has 0 bridgehead atoms. The highest BCUT2D eigenvalue weighted by Gasteiger charge is 2.06. The van der Waals surface area contributed by atoms with E-state index in [1.807, 2.05) is 19.3 Å². The van der Waals surface area contributed by atoms with Gasteiger partial charge < -0.3 is 0 Å². The molecule has 0 fully saturated rings. The molecule has 1 atom stereocenters. The fourth-order valence-corrected chi connectivity index (χ4v) is 1.49. The van der Waals surface area contributed by atoms with E-state index in [4.69, 9.17) is 11.6 Å². The van der Waals surface area contributed by atoms with E-state index in [1.54, 1.807) is 0 Å². The first kappa shape index (κ1) is 10.5. The summed E-state index contributed by atoms with van der Waals surface area (Å²) in [4.78, 5) is 8.41. The van der Waals surface area contributed by atoms with Crippen molar-refractivity contribution in [3.8, 4) is 0 Å². The van der Waals surface area contributed by atoms with Gasteiger partial charge in [-0.05, 0) is 18.9 Å². The lowest BCUT2D eigenvalue weighted by Crippen LogP contribution is -2.06. The molecule has 0 N–H and O–H groups in total. The summed E-state index contributed by atoms with van der Waals surface area (Å²) in [6.45, 7) is 4.11. The van der Waals surface area contributed by atoms with Crippen LogP contribution in [-0.2, 0) is 6.42 Å². The Balaban J connectivity index is 2.49. The summed E-state index contributed by atoms with van der Waals surface area (Å²) in [6.07, 6.45) is 6.57. The Morgan fingerprint density at radius 1 is 1.38 bits per heavy atom. The van der Waals surface area contributed by atoms with Gasteiger partial charge in [0.25, 0.3) is 0 Å². The molecule has 0 aliphatic rings. The molecule has 0 spiro atoms. The van der Waals surface area contributed by atoms with E-state index in [0.717, 1.165) is 30.7 Å². The predicted octanol–water partition coefficient (Wildman–Crippen LogP) is 2.74. The van der Waals surface area contributed by atoms with Gasteiger partial charge in [0.2, 0.25) is 0 Å². The van der Waals surface area contributed by atoms with Gasteiger partial charge in [-0.2, -0.15) is 0 Å². The van der Waals surface area contributed by atoms with Crippen molar-refractivity contribution in [1.82, 2.24) is 9.97 Å². The molecule has 3 heteroatoms. The summed E-state index contributed by atoms with van der Waals surface area (Å²) in [6, 6.07) is 0. The Bertz CT molecular complexity index is 246. The average molecular weight is 199 g/mol. The zero-order chi connectivity index (χ0) is 9.68. The molecular formula is C10H15ClN2. The molecule has 0 aliphatic carbocycles. The topological polar surface area (TPSA) is 25.8 Å². The Kier molecular flexibility index (Phi) is 4.16. The Labute approximate surface area is 84.4 Å². The van der Waals surface area contributed by atoms with Crippen molar-refractivity contribution < 1.29 is 0 Å². The highest BCUT2D eigenvalue weighted by Crippen LogP contribution is 2.09. The molecule has 0 saturated carbocycles. The van der Waals surface area contributed by atoms with Crippen LogP contribution in [0.5, 0.6) is 0 Å². The molecule has 0 saturated heterocycles. The van der Waals surface area contributed by atoms with Crippen LogP contribution in [0, 0.1) is 6.92 Å². The van der Waals surface area contributed by atoms with Crippen LogP contribution in [0.25, 0.3) is 0 Å². The van der Waals surface area contributed by atoms with Gasteiger partial charge in [0.15, 0.2) is 0 Å². The minimum Gasteiger partial charge on any atom is -0.241 e. The highest BCUT2D eigenvalue weighted by atomic mass is 35.5. The summed E-state index contributed by atoms with van der Waals surface area (Å²) < 4.78 is 0. The lowest BCUT2D eigenvalue weighted by atomic mass is 10.2. The monoisotopic (exact) mass is 198 g/mol. The molecule has 1 heterocycles. The van der Waals surface area contributed by atoms with Crippen LogP contribution in [0.2, 0.25) is 0 Å². The molecule has 2 nitrogen and oxygen atoms in total.